The van der Waals surface area contributed by atoms with Crippen molar-refractivity contribution >= 4 is 5.97 Å². The Morgan fingerprint density at radius 3 is 3.09 bits per heavy atom. The van der Waals surface area contributed by atoms with Crippen LogP contribution in [0.25, 0.3) is 0 Å². The Labute approximate surface area is 65.8 Å². The highest BCUT2D eigenvalue weighted by Crippen LogP contribution is 2.04. The topological polar surface area (TPSA) is 49.8 Å². The van der Waals surface area contributed by atoms with Gasteiger partial charge in [-0.05, 0) is 6.92 Å². The van der Waals surface area contributed by atoms with E-state index in [0.29, 0.717) is 13.2 Å². The number of hydrogen-bond donors (Lipinski definition) is 1. The van der Waals surface area contributed by atoms with Crippen molar-refractivity contribution in [3.8, 4) is 0 Å². The first-order valence-corrected chi connectivity index (χ1v) is 3.73. The van der Waals surface area contributed by atoms with Crippen molar-refractivity contribution in [3.63, 3.8) is 0 Å². The third-order valence-electron chi connectivity index (χ3n) is 1.84. The standard InChI is InChI=1S/C7H13NO3/c1-6-5-11-3-2-8(6)4-7(9)10/h6H,2-5H2,1H3,(H,9,10)/t6-/m0/s1. The Kier molecular flexibility index (Phi) is 2.84. The minimum Gasteiger partial charge on any atom is -0.480 e. The van der Waals surface area contributed by atoms with Crippen LogP contribution in [0, 0.1) is 0 Å². The molecule has 64 valence electrons. The molecule has 0 amide bonds. The summed E-state index contributed by atoms with van der Waals surface area (Å²) in [5.74, 6) is -0.765. The van der Waals surface area contributed by atoms with Crippen LogP contribution in [0.2, 0.25) is 0 Å². The fourth-order valence-electron chi connectivity index (χ4n) is 1.17. The van der Waals surface area contributed by atoms with E-state index in [1.54, 1.807) is 0 Å². The summed E-state index contributed by atoms with van der Waals surface area (Å²) in [6.07, 6.45) is 0. The van der Waals surface area contributed by atoms with Gasteiger partial charge in [-0.1, -0.05) is 0 Å². The summed E-state index contributed by atoms with van der Waals surface area (Å²) >= 11 is 0. The van der Waals surface area contributed by atoms with E-state index in [9.17, 15) is 4.79 Å². The molecule has 0 aliphatic carbocycles. The molecule has 0 aromatic carbocycles. The quantitative estimate of drug-likeness (QED) is 0.605. The first kappa shape index (κ1) is 8.49. The smallest absolute Gasteiger partial charge is 0.317 e. The lowest BCUT2D eigenvalue weighted by Gasteiger charge is -2.31. The number of rotatable bonds is 2. The molecule has 1 aliphatic heterocycles. The van der Waals surface area contributed by atoms with Gasteiger partial charge in [0.2, 0.25) is 0 Å². The molecule has 0 bridgehead atoms. The summed E-state index contributed by atoms with van der Waals surface area (Å²) < 4.78 is 5.16. The maximum absolute atomic E-state index is 10.3. The minimum atomic E-state index is -0.765. The van der Waals surface area contributed by atoms with Crippen LogP contribution in [0.4, 0.5) is 0 Å². The second-order valence-electron chi connectivity index (χ2n) is 2.79. The SMILES string of the molecule is C[C@H]1COCCN1CC(=O)O. The predicted octanol–water partition coefficient (Wildman–Crippen LogP) is -0.208. The first-order chi connectivity index (χ1) is 5.20. The zero-order chi connectivity index (χ0) is 8.27. The Morgan fingerprint density at radius 2 is 2.55 bits per heavy atom. The Hall–Kier alpha value is -0.610. The van der Waals surface area contributed by atoms with E-state index in [2.05, 4.69) is 0 Å². The van der Waals surface area contributed by atoms with Gasteiger partial charge in [-0.25, -0.2) is 0 Å². The fourth-order valence-corrected chi connectivity index (χ4v) is 1.17. The second kappa shape index (κ2) is 3.69. The maximum Gasteiger partial charge on any atom is 0.317 e. The Bertz CT molecular complexity index is 149. The van der Waals surface area contributed by atoms with Crippen LogP contribution >= 0.6 is 0 Å². The maximum atomic E-state index is 10.3. The third-order valence-corrected chi connectivity index (χ3v) is 1.84. The van der Waals surface area contributed by atoms with Crippen molar-refractivity contribution in [1.29, 1.82) is 0 Å². The summed E-state index contributed by atoms with van der Waals surface area (Å²) in [6.45, 7) is 4.13. The van der Waals surface area contributed by atoms with Gasteiger partial charge in [0.05, 0.1) is 19.8 Å². The molecule has 4 nitrogen and oxygen atoms in total. The molecule has 1 heterocycles. The number of hydrogen-bond acceptors (Lipinski definition) is 3. The minimum absolute atomic E-state index is 0.129. The van der Waals surface area contributed by atoms with Gasteiger partial charge in [0, 0.05) is 12.6 Å². The summed E-state index contributed by atoms with van der Waals surface area (Å²) in [5.41, 5.74) is 0. The summed E-state index contributed by atoms with van der Waals surface area (Å²) in [5, 5.41) is 8.50. The Morgan fingerprint density at radius 1 is 1.82 bits per heavy atom. The van der Waals surface area contributed by atoms with Crippen molar-refractivity contribution in [2.75, 3.05) is 26.3 Å². The molecule has 1 aliphatic rings. The molecule has 0 radical (unpaired) electrons. The zero-order valence-electron chi connectivity index (χ0n) is 6.62. The highest BCUT2D eigenvalue weighted by Gasteiger charge is 2.20. The molecular weight excluding hydrogens is 146 g/mol. The van der Waals surface area contributed by atoms with Gasteiger partial charge in [-0.3, -0.25) is 9.69 Å². The fraction of sp³-hybridized carbons (Fsp3) is 0.857. The van der Waals surface area contributed by atoms with E-state index in [1.165, 1.54) is 0 Å². The predicted molar refractivity (Wildman–Crippen MR) is 39.5 cm³/mol. The highest BCUT2D eigenvalue weighted by atomic mass is 16.5. The largest absolute Gasteiger partial charge is 0.480 e. The second-order valence-corrected chi connectivity index (χ2v) is 2.79. The number of aliphatic carboxylic acids is 1. The van der Waals surface area contributed by atoms with Crippen LogP contribution in [0.5, 0.6) is 0 Å². The van der Waals surface area contributed by atoms with E-state index in [4.69, 9.17) is 9.84 Å². The van der Waals surface area contributed by atoms with Gasteiger partial charge in [0.15, 0.2) is 0 Å². The van der Waals surface area contributed by atoms with Gasteiger partial charge in [0.1, 0.15) is 0 Å². The molecule has 1 atom stereocenters. The van der Waals surface area contributed by atoms with E-state index in [1.807, 2.05) is 11.8 Å². The number of carboxylic acids is 1. The monoisotopic (exact) mass is 159 g/mol. The molecule has 0 aromatic rings. The van der Waals surface area contributed by atoms with Gasteiger partial charge in [-0.15, -0.1) is 0 Å². The van der Waals surface area contributed by atoms with Crippen LogP contribution in [0.1, 0.15) is 6.92 Å². The molecular formula is C7H13NO3. The van der Waals surface area contributed by atoms with Crippen molar-refractivity contribution < 1.29 is 14.6 Å². The van der Waals surface area contributed by atoms with E-state index in [-0.39, 0.29) is 12.6 Å². The molecule has 0 aromatic heterocycles. The van der Waals surface area contributed by atoms with Crippen LogP contribution in [0.15, 0.2) is 0 Å². The molecule has 1 fully saturated rings. The molecule has 11 heavy (non-hydrogen) atoms. The molecule has 0 saturated carbocycles. The number of morpholine rings is 1. The molecule has 0 unspecified atom stereocenters. The van der Waals surface area contributed by atoms with E-state index in [0.717, 1.165) is 6.54 Å². The molecule has 1 N–H and O–H groups in total. The zero-order valence-corrected chi connectivity index (χ0v) is 6.62. The highest BCUT2D eigenvalue weighted by molar-refractivity contribution is 5.69. The molecule has 0 spiro atoms. The van der Waals surface area contributed by atoms with Gasteiger partial charge >= 0.3 is 5.97 Å². The number of carboxylic acid groups (broad SMARTS) is 1. The number of carbonyl (C=O) groups is 1. The van der Waals surface area contributed by atoms with Gasteiger partial charge < -0.3 is 9.84 Å². The van der Waals surface area contributed by atoms with E-state index < -0.39 is 5.97 Å². The average molecular weight is 159 g/mol. The first-order valence-electron chi connectivity index (χ1n) is 3.73. The summed E-state index contributed by atoms with van der Waals surface area (Å²) in [4.78, 5) is 12.2. The van der Waals surface area contributed by atoms with Crippen LogP contribution < -0.4 is 0 Å². The van der Waals surface area contributed by atoms with Crippen LogP contribution in [-0.2, 0) is 9.53 Å². The average Bonchev–Trinajstić information content (AvgIpc) is 1.93. The third kappa shape index (κ3) is 2.48. The number of nitrogens with zero attached hydrogens (tertiary/aromatic N) is 1. The lowest BCUT2D eigenvalue weighted by atomic mass is 10.2. The van der Waals surface area contributed by atoms with Crippen molar-refractivity contribution in [3.05, 3.63) is 0 Å². The summed E-state index contributed by atoms with van der Waals surface area (Å²) in [6, 6.07) is 0.236. The Balaban J connectivity index is 2.35. The molecule has 1 rings (SSSR count). The van der Waals surface area contributed by atoms with Crippen LogP contribution in [0.3, 0.4) is 0 Å². The summed E-state index contributed by atoms with van der Waals surface area (Å²) in [7, 11) is 0. The van der Waals surface area contributed by atoms with Gasteiger partial charge in [-0.2, -0.15) is 0 Å². The van der Waals surface area contributed by atoms with E-state index >= 15 is 0 Å². The lowest BCUT2D eigenvalue weighted by molar-refractivity contribution is -0.140. The molecule has 1 saturated heterocycles. The molecule has 4 heteroatoms. The van der Waals surface area contributed by atoms with Crippen molar-refractivity contribution in [1.82, 2.24) is 4.90 Å². The van der Waals surface area contributed by atoms with Crippen molar-refractivity contribution in [2.45, 2.75) is 13.0 Å². The lowest BCUT2D eigenvalue weighted by Crippen LogP contribution is -2.45. The van der Waals surface area contributed by atoms with Gasteiger partial charge in [0.25, 0.3) is 0 Å². The van der Waals surface area contributed by atoms with Crippen LogP contribution in [-0.4, -0.2) is 48.3 Å². The number of ether oxygens (including phenoxy) is 1. The normalized spacial score (nSPS) is 26.8. The van der Waals surface area contributed by atoms with Crippen molar-refractivity contribution in [2.24, 2.45) is 0 Å².